The molecular weight excluding hydrogens is 535 g/mol. The molecule has 0 spiro atoms. The predicted octanol–water partition coefficient (Wildman–Crippen LogP) is 3.04. The first-order valence-electron chi connectivity index (χ1n) is 10.1. The molecule has 7 nitrogen and oxygen atoms in total. The van der Waals surface area contributed by atoms with Crippen LogP contribution in [-0.2, 0) is 13.6 Å². The number of guanidine groups is 1. The van der Waals surface area contributed by atoms with Gasteiger partial charge in [0.1, 0.15) is 24.0 Å². The van der Waals surface area contributed by atoms with Crippen LogP contribution in [0.4, 0.5) is 14.5 Å². The largest absolute Gasteiger partial charge is 0.366 e. The molecule has 0 radical (unpaired) electrons. The lowest BCUT2D eigenvalue weighted by Gasteiger charge is -2.37. The van der Waals surface area contributed by atoms with Crippen LogP contribution in [0.5, 0.6) is 0 Å². The van der Waals surface area contributed by atoms with E-state index in [9.17, 15) is 8.78 Å². The number of nitrogens with one attached hydrogen (secondary N) is 1. The Kier molecular flexibility index (Phi) is 10.3. The molecule has 172 valence electrons. The standard InChI is InChI=1S/C20H29F2N7S.HI/c1-15-25-26-19(27(15)2)14-24-20(23-7-4-12-30-3)29-10-8-28(9-11-29)18-13-16(21)5-6-17(18)22;/h5-6,13H,4,7-12,14H2,1-3H3,(H,23,24);1H. The van der Waals surface area contributed by atoms with E-state index in [1.54, 1.807) is 0 Å². The zero-order chi connectivity index (χ0) is 21.5. The Morgan fingerprint density at radius 2 is 1.94 bits per heavy atom. The van der Waals surface area contributed by atoms with Gasteiger partial charge >= 0.3 is 0 Å². The van der Waals surface area contributed by atoms with E-state index in [2.05, 4.69) is 26.7 Å². The molecule has 1 aliphatic heterocycles. The number of aryl methyl sites for hydroxylation is 1. The molecule has 1 fully saturated rings. The van der Waals surface area contributed by atoms with Crippen LogP contribution >= 0.6 is 35.7 Å². The lowest BCUT2D eigenvalue weighted by Crippen LogP contribution is -2.53. The van der Waals surface area contributed by atoms with Gasteiger partial charge in [-0.15, -0.1) is 34.2 Å². The Labute approximate surface area is 203 Å². The van der Waals surface area contributed by atoms with E-state index in [1.165, 1.54) is 12.1 Å². The van der Waals surface area contributed by atoms with Crippen LogP contribution in [0, 0.1) is 18.6 Å². The number of aromatic nitrogens is 3. The average Bonchev–Trinajstić information content (AvgIpc) is 3.07. The summed E-state index contributed by atoms with van der Waals surface area (Å²) < 4.78 is 29.6. The summed E-state index contributed by atoms with van der Waals surface area (Å²) in [6.45, 7) is 5.69. The van der Waals surface area contributed by atoms with Crippen molar-refractivity contribution in [2.24, 2.45) is 12.0 Å². The molecule has 0 amide bonds. The molecule has 0 saturated carbocycles. The highest BCUT2D eigenvalue weighted by Crippen LogP contribution is 2.22. The molecule has 1 aliphatic rings. The second kappa shape index (κ2) is 12.4. The van der Waals surface area contributed by atoms with Gasteiger partial charge in [-0.2, -0.15) is 11.8 Å². The number of halogens is 3. The van der Waals surface area contributed by atoms with Gasteiger partial charge in [0.2, 0.25) is 0 Å². The Bertz CT molecular complexity index is 869. The number of benzene rings is 1. The van der Waals surface area contributed by atoms with Gasteiger partial charge in [0.25, 0.3) is 0 Å². The van der Waals surface area contributed by atoms with E-state index >= 15 is 0 Å². The van der Waals surface area contributed by atoms with Gasteiger partial charge in [0, 0.05) is 45.8 Å². The molecule has 0 bridgehead atoms. The maximum Gasteiger partial charge on any atom is 0.194 e. The molecule has 1 saturated heterocycles. The molecule has 0 aliphatic carbocycles. The molecule has 2 aromatic rings. The smallest absolute Gasteiger partial charge is 0.194 e. The van der Waals surface area contributed by atoms with Gasteiger partial charge in [-0.3, -0.25) is 0 Å². The molecular formula is C20H30F2IN7S. The second-order valence-electron chi connectivity index (χ2n) is 7.21. The SMILES string of the molecule is CSCCCNC(=NCc1nnc(C)n1C)N1CCN(c2cc(F)ccc2F)CC1.I. The molecule has 0 unspecified atom stereocenters. The molecule has 1 aromatic heterocycles. The summed E-state index contributed by atoms with van der Waals surface area (Å²) in [7, 11) is 1.93. The second-order valence-corrected chi connectivity index (χ2v) is 8.19. The highest BCUT2D eigenvalue weighted by Gasteiger charge is 2.22. The van der Waals surface area contributed by atoms with Gasteiger partial charge in [0.15, 0.2) is 11.8 Å². The van der Waals surface area contributed by atoms with E-state index in [0.29, 0.717) is 38.4 Å². The molecule has 1 aromatic carbocycles. The first-order chi connectivity index (χ1) is 14.5. The summed E-state index contributed by atoms with van der Waals surface area (Å²) >= 11 is 1.82. The van der Waals surface area contributed by atoms with Gasteiger partial charge < -0.3 is 19.7 Å². The highest BCUT2D eigenvalue weighted by atomic mass is 127. The lowest BCUT2D eigenvalue weighted by molar-refractivity contribution is 0.369. The number of hydrogen-bond donors (Lipinski definition) is 1. The fourth-order valence-electron chi connectivity index (χ4n) is 3.31. The van der Waals surface area contributed by atoms with Gasteiger partial charge in [-0.25, -0.2) is 13.8 Å². The minimum absolute atomic E-state index is 0. The first kappa shape index (κ1) is 25.6. The normalized spacial score (nSPS) is 14.5. The van der Waals surface area contributed by atoms with E-state index in [4.69, 9.17) is 4.99 Å². The van der Waals surface area contributed by atoms with Crippen molar-refractivity contribution in [2.75, 3.05) is 49.6 Å². The summed E-state index contributed by atoms with van der Waals surface area (Å²) in [5.74, 6) is 2.72. The van der Waals surface area contributed by atoms with Crippen molar-refractivity contribution < 1.29 is 8.78 Å². The summed E-state index contributed by atoms with van der Waals surface area (Å²) in [5, 5.41) is 11.7. The van der Waals surface area contributed by atoms with Crippen molar-refractivity contribution in [3.63, 3.8) is 0 Å². The van der Waals surface area contributed by atoms with E-state index < -0.39 is 11.6 Å². The van der Waals surface area contributed by atoms with Crippen molar-refractivity contribution in [3.8, 4) is 0 Å². The number of anilines is 1. The molecule has 1 N–H and O–H groups in total. The summed E-state index contributed by atoms with van der Waals surface area (Å²) in [6, 6.07) is 3.59. The topological polar surface area (TPSA) is 61.6 Å². The van der Waals surface area contributed by atoms with Crippen LogP contribution < -0.4 is 10.2 Å². The van der Waals surface area contributed by atoms with Crippen LogP contribution in [-0.4, -0.2) is 70.4 Å². The van der Waals surface area contributed by atoms with Crippen molar-refractivity contribution in [2.45, 2.75) is 19.9 Å². The van der Waals surface area contributed by atoms with Crippen LogP contribution in [0.1, 0.15) is 18.1 Å². The van der Waals surface area contributed by atoms with Crippen molar-refractivity contribution in [3.05, 3.63) is 41.5 Å². The van der Waals surface area contributed by atoms with Gasteiger partial charge in [-0.1, -0.05) is 0 Å². The monoisotopic (exact) mass is 565 g/mol. The van der Waals surface area contributed by atoms with Crippen LogP contribution in [0.15, 0.2) is 23.2 Å². The number of rotatable bonds is 7. The number of hydrogen-bond acceptors (Lipinski definition) is 5. The molecule has 2 heterocycles. The lowest BCUT2D eigenvalue weighted by atomic mass is 10.2. The number of nitrogens with zero attached hydrogens (tertiary/aromatic N) is 6. The number of piperazine rings is 1. The van der Waals surface area contributed by atoms with Crippen LogP contribution in [0.2, 0.25) is 0 Å². The Morgan fingerprint density at radius 3 is 2.58 bits per heavy atom. The molecule has 3 rings (SSSR count). The summed E-state index contributed by atoms with van der Waals surface area (Å²) in [6.07, 6.45) is 3.13. The van der Waals surface area contributed by atoms with Crippen LogP contribution in [0.3, 0.4) is 0 Å². The molecule has 0 atom stereocenters. The van der Waals surface area contributed by atoms with E-state index in [1.807, 2.05) is 35.2 Å². The van der Waals surface area contributed by atoms with Gasteiger partial charge in [-0.05, 0) is 37.5 Å². The zero-order valence-corrected chi connectivity index (χ0v) is 21.3. The maximum absolute atomic E-state index is 14.1. The number of aliphatic imine (C=N–C) groups is 1. The van der Waals surface area contributed by atoms with Crippen molar-refractivity contribution in [1.29, 1.82) is 0 Å². The fraction of sp³-hybridized carbons (Fsp3) is 0.550. The summed E-state index contributed by atoms with van der Waals surface area (Å²) in [4.78, 5) is 8.81. The third kappa shape index (κ3) is 6.93. The third-order valence-electron chi connectivity index (χ3n) is 5.19. The van der Waals surface area contributed by atoms with Crippen molar-refractivity contribution in [1.82, 2.24) is 25.0 Å². The third-order valence-corrected chi connectivity index (χ3v) is 5.89. The maximum atomic E-state index is 14.1. The van der Waals surface area contributed by atoms with Gasteiger partial charge in [0.05, 0.1) is 5.69 Å². The minimum Gasteiger partial charge on any atom is -0.366 e. The average molecular weight is 565 g/mol. The van der Waals surface area contributed by atoms with E-state index in [0.717, 1.165) is 42.4 Å². The van der Waals surface area contributed by atoms with Crippen LogP contribution in [0.25, 0.3) is 0 Å². The van der Waals surface area contributed by atoms with E-state index in [-0.39, 0.29) is 24.0 Å². The molecule has 11 heteroatoms. The highest BCUT2D eigenvalue weighted by molar-refractivity contribution is 14.0. The zero-order valence-electron chi connectivity index (χ0n) is 18.1. The predicted molar refractivity (Wildman–Crippen MR) is 133 cm³/mol. The molecule has 31 heavy (non-hydrogen) atoms. The summed E-state index contributed by atoms with van der Waals surface area (Å²) in [5.41, 5.74) is 0.315. The Hall–Kier alpha value is -1.63. The minimum atomic E-state index is -0.425. The Balaban J connectivity index is 0.00000341. The fourth-order valence-corrected chi connectivity index (χ4v) is 3.74. The number of thioether (sulfide) groups is 1. The first-order valence-corrected chi connectivity index (χ1v) is 11.5. The van der Waals surface area contributed by atoms with Crippen molar-refractivity contribution >= 4 is 47.4 Å². The quantitative estimate of drug-likeness (QED) is 0.241. The Morgan fingerprint density at radius 1 is 1.19 bits per heavy atom.